The molecule has 0 aliphatic rings. The van der Waals surface area contributed by atoms with Crippen LogP contribution in [0.1, 0.15) is 10.9 Å². The summed E-state index contributed by atoms with van der Waals surface area (Å²) in [7, 11) is 1.26. The van der Waals surface area contributed by atoms with Gasteiger partial charge in [0.15, 0.2) is 5.38 Å². The van der Waals surface area contributed by atoms with E-state index in [2.05, 4.69) is 4.74 Å². The number of halogens is 3. The summed E-state index contributed by atoms with van der Waals surface area (Å²) < 4.78 is 4.50. The van der Waals surface area contributed by atoms with Crippen molar-refractivity contribution in [1.82, 2.24) is 0 Å². The largest absolute Gasteiger partial charge is 0.468 e. The standard InChI is InChI=1S/C10H9Cl3O2/c1-15-10(14)9(13)8(12)6-4-2-3-5-7(6)11/h2-5,8-9H,1H3. The summed E-state index contributed by atoms with van der Waals surface area (Å²) in [5.74, 6) is -0.573. The summed E-state index contributed by atoms with van der Waals surface area (Å²) in [4.78, 5) is 11.2. The lowest BCUT2D eigenvalue weighted by molar-refractivity contribution is -0.140. The Morgan fingerprint density at radius 1 is 1.33 bits per heavy atom. The second-order valence-corrected chi connectivity index (χ2v) is 4.20. The SMILES string of the molecule is COC(=O)C(Cl)C(Cl)c1ccccc1Cl. The van der Waals surface area contributed by atoms with Crippen LogP contribution < -0.4 is 0 Å². The molecule has 2 nitrogen and oxygen atoms in total. The zero-order valence-electron chi connectivity index (χ0n) is 7.91. The van der Waals surface area contributed by atoms with Crippen molar-refractivity contribution in [2.75, 3.05) is 7.11 Å². The Morgan fingerprint density at radius 2 is 1.93 bits per heavy atom. The summed E-state index contributed by atoms with van der Waals surface area (Å²) in [5, 5.41) is -1.17. The van der Waals surface area contributed by atoms with Gasteiger partial charge in [0.1, 0.15) is 0 Å². The fourth-order valence-corrected chi connectivity index (χ4v) is 1.92. The first-order chi connectivity index (χ1) is 7.07. The molecule has 0 bridgehead atoms. The Morgan fingerprint density at radius 3 is 2.47 bits per heavy atom. The van der Waals surface area contributed by atoms with Crippen LogP contribution in [0.25, 0.3) is 0 Å². The summed E-state index contributed by atoms with van der Waals surface area (Å²) in [6, 6.07) is 6.96. The van der Waals surface area contributed by atoms with Gasteiger partial charge in [-0.05, 0) is 11.6 Å². The molecule has 2 unspecified atom stereocenters. The molecule has 0 amide bonds. The molecular formula is C10H9Cl3O2. The van der Waals surface area contributed by atoms with Gasteiger partial charge in [-0.3, -0.25) is 4.79 Å². The number of carbonyl (C=O) groups is 1. The number of ether oxygens (including phenoxy) is 1. The molecule has 82 valence electrons. The van der Waals surface area contributed by atoms with E-state index in [1.807, 2.05) is 0 Å². The van der Waals surface area contributed by atoms with E-state index >= 15 is 0 Å². The number of rotatable bonds is 3. The Hall–Kier alpha value is -0.440. The van der Waals surface area contributed by atoms with Crippen LogP contribution in [-0.2, 0) is 9.53 Å². The summed E-state index contributed by atoms with van der Waals surface area (Å²) in [6.45, 7) is 0. The predicted octanol–water partition coefficient (Wildman–Crippen LogP) is 3.40. The van der Waals surface area contributed by atoms with Gasteiger partial charge in [0.05, 0.1) is 12.5 Å². The number of esters is 1. The number of hydrogen-bond acceptors (Lipinski definition) is 2. The highest BCUT2D eigenvalue weighted by Crippen LogP contribution is 2.33. The van der Waals surface area contributed by atoms with E-state index in [1.165, 1.54) is 7.11 Å². The van der Waals surface area contributed by atoms with E-state index in [-0.39, 0.29) is 0 Å². The van der Waals surface area contributed by atoms with Gasteiger partial charge in [0.25, 0.3) is 0 Å². The van der Waals surface area contributed by atoms with E-state index < -0.39 is 16.7 Å². The number of carbonyl (C=O) groups excluding carboxylic acids is 1. The minimum Gasteiger partial charge on any atom is -0.468 e. The van der Waals surface area contributed by atoms with E-state index in [9.17, 15) is 4.79 Å². The highest BCUT2D eigenvalue weighted by Gasteiger charge is 2.27. The van der Waals surface area contributed by atoms with Crippen LogP contribution >= 0.6 is 34.8 Å². The second-order valence-electron chi connectivity index (χ2n) is 2.85. The van der Waals surface area contributed by atoms with Gasteiger partial charge in [-0.1, -0.05) is 29.8 Å². The highest BCUT2D eigenvalue weighted by atomic mass is 35.5. The molecule has 15 heavy (non-hydrogen) atoms. The van der Waals surface area contributed by atoms with Crippen LogP contribution in [0.5, 0.6) is 0 Å². The molecule has 0 radical (unpaired) electrons. The van der Waals surface area contributed by atoms with Crippen molar-refractivity contribution in [3.8, 4) is 0 Å². The first-order valence-corrected chi connectivity index (χ1v) is 5.43. The maximum atomic E-state index is 11.2. The van der Waals surface area contributed by atoms with Gasteiger partial charge in [-0.15, -0.1) is 23.2 Å². The lowest BCUT2D eigenvalue weighted by atomic mass is 10.1. The molecule has 0 saturated carbocycles. The molecule has 5 heteroatoms. The van der Waals surface area contributed by atoms with Gasteiger partial charge < -0.3 is 4.74 Å². The molecule has 1 rings (SSSR count). The maximum Gasteiger partial charge on any atom is 0.325 e. The zero-order chi connectivity index (χ0) is 11.4. The Labute approximate surface area is 103 Å². The second kappa shape index (κ2) is 5.59. The number of methoxy groups -OCH3 is 1. The monoisotopic (exact) mass is 266 g/mol. The van der Waals surface area contributed by atoms with Crippen molar-refractivity contribution in [2.45, 2.75) is 10.8 Å². The fourth-order valence-electron chi connectivity index (χ4n) is 1.09. The van der Waals surface area contributed by atoms with E-state index in [0.717, 1.165) is 0 Å². The molecule has 0 N–H and O–H groups in total. The number of hydrogen-bond donors (Lipinski definition) is 0. The predicted molar refractivity (Wildman–Crippen MR) is 61.7 cm³/mol. The van der Waals surface area contributed by atoms with Crippen molar-refractivity contribution in [3.05, 3.63) is 34.9 Å². The van der Waals surface area contributed by atoms with Gasteiger partial charge in [-0.2, -0.15) is 0 Å². The maximum absolute atomic E-state index is 11.2. The van der Waals surface area contributed by atoms with Gasteiger partial charge in [-0.25, -0.2) is 0 Å². The normalized spacial score (nSPS) is 14.4. The van der Waals surface area contributed by atoms with Crippen LogP contribution in [0.4, 0.5) is 0 Å². The first kappa shape index (κ1) is 12.6. The minimum absolute atomic E-state index is 0.479. The van der Waals surface area contributed by atoms with Crippen LogP contribution in [0.15, 0.2) is 24.3 Å². The average molecular weight is 268 g/mol. The molecule has 0 heterocycles. The summed E-state index contributed by atoms with van der Waals surface area (Å²) >= 11 is 17.8. The molecule has 0 aromatic heterocycles. The number of alkyl halides is 2. The molecule has 2 atom stereocenters. The minimum atomic E-state index is -0.948. The van der Waals surface area contributed by atoms with E-state index in [1.54, 1.807) is 24.3 Å². The topological polar surface area (TPSA) is 26.3 Å². The van der Waals surface area contributed by atoms with Gasteiger partial charge in [0, 0.05) is 5.02 Å². The average Bonchev–Trinajstić information content (AvgIpc) is 2.26. The van der Waals surface area contributed by atoms with Gasteiger partial charge >= 0.3 is 5.97 Å². The molecule has 0 aliphatic heterocycles. The Kier molecular flexibility index (Phi) is 4.71. The third-order valence-corrected chi connectivity index (χ3v) is 3.28. The molecule has 1 aromatic rings. The third kappa shape index (κ3) is 3.00. The molecule has 0 fully saturated rings. The molecule has 0 aliphatic carbocycles. The first-order valence-electron chi connectivity index (χ1n) is 4.18. The van der Waals surface area contributed by atoms with Crippen LogP contribution in [0.3, 0.4) is 0 Å². The van der Waals surface area contributed by atoms with E-state index in [4.69, 9.17) is 34.8 Å². The molecule has 0 spiro atoms. The van der Waals surface area contributed by atoms with Crippen LogP contribution in [-0.4, -0.2) is 18.5 Å². The Balaban J connectivity index is 2.89. The van der Waals surface area contributed by atoms with Crippen LogP contribution in [0.2, 0.25) is 5.02 Å². The smallest absolute Gasteiger partial charge is 0.325 e. The van der Waals surface area contributed by atoms with Crippen LogP contribution in [0, 0.1) is 0 Å². The van der Waals surface area contributed by atoms with Crippen molar-refractivity contribution in [3.63, 3.8) is 0 Å². The Bertz CT molecular complexity index is 354. The zero-order valence-corrected chi connectivity index (χ0v) is 10.2. The van der Waals surface area contributed by atoms with Gasteiger partial charge in [0.2, 0.25) is 0 Å². The van der Waals surface area contributed by atoms with Crippen molar-refractivity contribution in [2.24, 2.45) is 0 Å². The fraction of sp³-hybridized carbons (Fsp3) is 0.300. The molecule has 0 saturated heterocycles. The molecule has 1 aromatic carbocycles. The quantitative estimate of drug-likeness (QED) is 0.620. The van der Waals surface area contributed by atoms with Crippen molar-refractivity contribution in [1.29, 1.82) is 0 Å². The van der Waals surface area contributed by atoms with Crippen molar-refractivity contribution >= 4 is 40.8 Å². The van der Waals surface area contributed by atoms with E-state index in [0.29, 0.717) is 10.6 Å². The summed E-state index contributed by atoms with van der Waals surface area (Å²) in [5.41, 5.74) is 0.617. The highest BCUT2D eigenvalue weighted by molar-refractivity contribution is 6.38. The van der Waals surface area contributed by atoms with Crippen molar-refractivity contribution < 1.29 is 9.53 Å². The number of benzene rings is 1. The molecular weight excluding hydrogens is 258 g/mol. The third-order valence-electron chi connectivity index (χ3n) is 1.89. The lowest BCUT2D eigenvalue weighted by Crippen LogP contribution is -2.21. The lowest BCUT2D eigenvalue weighted by Gasteiger charge is -2.15. The summed E-state index contributed by atoms with van der Waals surface area (Å²) in [6.07, 6.45) is 0.